The van der Waals surface area contributed by atoms with E-state index in [4.69, 9.17) is 4.74 Å². The lowest BCUT2D eigenvalue weighted by Crippen LogP contribution is -2.53. The summed E-state index contributed by atoms with van der Waals surface area (Å²) in [6.07, 6.45) is 5.97. The molecular weight excluding hydrogens is 250 g/mol. The molecule has 0 saturated carbocycles. The van der Waals surface area contributed by atoms with Gasteiger partial charge in [-0.15, -0.1) is 0 Å². The van der Waals surface area contributed by atoms with E-state index >= 15 is 0 Å². The van der Waals surface area contributed by atoms with Crippen molar-refractivity contribution in [1.82, 2.24) is 0 Å². The van der Waals surface area contributed by atoms with Crippen molar-refractivity contribution < 1.29 is 9.53 Å². The molecule has 2 heterocycles. The van der Waals surface area contributed by atoms with Crippen molar-refractivity contribution >= 4 is 11.5 Å². The van der Waals surface area contributed by atoms with Crippen molar-refractivity contribution in [2.45, 2.75) is 50.6 Å². The minimum Gasteiger partial charge on any atom is -0.384 e. The highest BCUT2D eigenvalue weighted by Crippen LogP contribution is 2.37. The number of carbonyl (C=O) groups excluding carboxylic acids is 1. The van der Waals surface area contributed by atoms with Crippen LogP contribution in [0, 0.1) is 0 Å². The Bertz CT molecular complexity index is 470. The first-order valence-electron chi connectivity index (χ1n) is 7.66. The van der Waals surface area contributed by atoms with Crippen LogP contribution >= 0.6 is 0 Å². The van der Waals surface area contributed by atoms with Crippen LogP contribution in [-0.2, 0) is 16.0 Å². The predicted octanol–water partition coefficient (Wildman–Crippen LogP) is 2.97. The van der Waals surface area contributed by atoms with Crippen LogP contribution in [-0.4, -0.2) is 31.6 Å². The molecule has 2 fully saturated rings. The number of para-hydroxylation sites is 1. The third-order valence-corrected chi connectivity index (χ3v) is 4.63. The molecule has 0 N–H and O–H groups in total. The Kier molecular flexibility index (Phi) is 4.06. The van der Waals surface area contributed by atoms with Gasteiger partial charge in [0.15, 0.2) is 0 Å². The molecule has 1 aromatic rings. The summed E-state index contributed by atoms with van der Waals surface area (Å²) >= 11 is 0. The van der Waals surface area contributed by atoms with E-state index in [-0.39, 0.29) is 0 Å². The number of rotatable bonds is 4. The highest BCUT2D eigenvalue weighted by molar-refractivity contribution is 5.83. The van der Waals surface area contributed by atoms with Crippen LogP contribution < -0.4 is 4.90 Å². The topological polar surface area (TPSA) is 29.5 Å². The summed E-state index contributed by atoms with van der Waals surface area (Å²) in [6.45, 7) is 0.749. The highest BCUT2D eigenvalue weighted by Gasteiger charge is 2.38. The zero-order chi connectivity index (χ0) is 13.9. The van der Waals surface area contributed by atoms with E-state index in [9.17, 15) is 4.79 Å². The van der Waals surface area contributed by atoms with E-state index in [1.165, 1.54) is 17.7 Å². The van der Waals surface area contributed by atoms with Gasteiger partial charge in [0.1, 0.15) is 5.78 Å². The Morgan fingerprint density at radius 1 is 1.20 bits per heavy atom. The Hall–Kier alpha value is -1.35. The average molecular weight is 273 g/mol. The standard InChI is InChI=1S/C17H23NO2/c1-20-10-9-13-5-2-3-8-17(13)18-14-6-4-7-15(18)12-16(19)11-14/h2-3,5,8,14-15H,4,6-7,9-12H2,1H3. The van der Waals surface area contributed by atoms with Crippen LogP contribution in [0.5, 0.6) is 0 Å². The first kappa shape index (κ1) is 13.6. The third kappa shape index (κ3) is 2.59. The van der Waals surface area contributed by atoms with Crippen molar-refractivity contribution in [2.75, 3.05) is 18.6 Å². The number of Topliss-reactive ketones (excluding diaryl/α,β-unsaturated/α-hetero) is 1. The fraction of sp³-hybridized carbons (Fsp3) is 0.588. The normalized spacial score (nSPS) is 25.9. The monoisotopic (exact) mass is 273 g/mol. The van der Waals surface area contributed by atoms with Crippen molar-refractivity contribution in [3.63, 3.8) is 0 Å². The number of nitrogens with zero attached hydrogens (tertiary/aromatic N) is 1. The SMILES string of the molecule is COCCc1ccccc1N1C2CCCC1CC(=O)C2. The first-order valence-corrected chi connectivity index (χ1v) is 7.66. The van der Waals surface area contributed by atoms with Crippen molar-refractivity contribution in [3.8, 4) is 0 Å². The minimum absolute atomic E-state index is 0.415. The van der Waals surface area contributed by atoms with E-state index in [1.807, 2.05) is 0 Å². The van der Waals surface area contributed by atoms with E-state index in [0.29, 0.717) is 17.9 Å². The molecule has 0 amide bonds. The molecule has 0 radical (unpaired) electrons. The van der Waals surface area contributed by atoms with Crippen molar-refractivity contribution in [2.24, 2.45) is 0 Å². The fourth-order valence-corrected chi connectivity index (χ4v) is 3.75. The fourth-order valence-electron chi connectivity index (χ4n) is 3.75. The van der Waals surface area contributed by atoms with E-state index in [1.54, 1.807) is 7.11 Å². The Morgan fingerprint density at radius 3 is 2.60 bits per heavy atom. The van der Waals surface area contributed by atoms with Gasteiger partial charge >= 0.3 is 0 Å². The number of piperidine rings is 2. The number of hydrogen-bond acceptors (Lipinski definition) is 3. The van der Waals surface area contributed by atoms with E-state index in [2.05, 4.69) is 29.2 Å². The van der Waals surface area contributed by atoms with Gasteiger partial charge in [0.2, 0.25) is 0 Å². The van der Waals surface area contributed by atoms with Gasteiger partial charge in [0.05, 0.1) is 6.61 Å². The molecule has 3 rings (SSSR count). The van der Waals surface area contributed by atoms with Crippen LogP contribution in [0.2, 0.25) is 0 Å². The number of anilines is 1. The molecule has 1 aromatic carbocycles. The second kappa shape index (κ2) is 5.96. The van der Waals surface area contributed by atoms with Crippen LogP contribution in [0.25, 0.3) is 0 Å². The number of ketones is 1. The molecule has 2 aliphatic rings. The summed E-state index contributed by atoms with van der Waals surface area (Å²) in [5.41, 5.74) is 2.67. The Balaban J connectivity index is 1.89. The molecule has 2 saturated heterocycles. The minimum atomic E-state index is 0.415. The third-order valence-electron chi connectivity index (χ3n) is 4.63. The van der Waals surface area contributed by atoms with Crippen molar-refractivity contribution in [1.29, 1.82) is 0 Å². The Morgan fingerprint density at radius 2 is 1.90 bits per heavy atom. The smallest absolute Gasteiger partial charge is 0.137 e. The van der Waals surface area contributed by atoms with Crippen LogP contribution in [0.15, 0.2) is 24.3 Å². The molecule has 2 atom stereocenters. The molecule has 0 spiro atoms. The van der Waals surface area contributed by atoms with E-state index < -0.39 is 0 Å². The lowest BCUT2D eigenvalue weighted by molar-refractivity contribution is -0.121. The van der Waals surface area contributed by atoms with E-state index in [0.717, 1.165) is 38.7 Å². The summed E-state index contributed by atoms with van der Waals surface area (Å²) in [4.78, 5) is 14.4. The van der Waals surface area contributed by atoms with Gasteiger partial charge < -0.3 is 9.64 Å². The summed E-state index contributed by atoms with van der Waals surface area (Å²) in [5, 5.41) is 0. The number of hydrogen-bond donors (Lipinski definition) is 0. The maximum absolute atomic E-state index is 11.9. The summed E-state index contributed by atoms with van der Waals surface area (Å²) in [6, 6.07) is 9.45. The van der Waals surface area contributed by atoms with Crippen LogP contribution in [0.4, 0.5) is 5.69 Å². The second-order valence-corrected chi connectivity index (χ2v) is 5.96. The van der Waals surface area contributed by atoms with Gasteiger partial charge in [0.25, 0.3) is 0 Å². The van der Waals surface area contributed by atoms with Crippen LogP contribution in [0.1, 0.15) is 37.7 Å². The molecule has 2 unspecified atom stereocenters. The summed E-state index contributed by atoms with van der Waals surface area (Å²) in [7, 11) is 1.75. The quantitative estimate of drug-likeness (QED) is 0.844. The molecule has 0 aliphatic carbocycles. The van der Waals surface area contributed by atoms with Gasteiger partial charge in [-0.3, -0.25) is 4.79 Å². The largest absolute Gasteiger partial charge is 0.384 e. The number of ether oxygens (including phenoxy) is 1. The maximum atomic E-state index is 11.9. The van der Waals surface area contributed by atoms with Gasteiger partial charge in [-0.05, 0) is 37.3 Å². The highest BCUT2D eigenvalue weighted by atomic mass is 16.5. The van der Waals surface area contributed by atoms with Crippen LogP contribution in [0.3, 0.4) is 0 Å². The van der Waals surface area contributed by atoms with Gasteiger partial charge in [-0.25, -0.2) is 0 Å². The zero-order valence-electron chi connectivity index (χ0n) is 12.2. The number of fused-ring (bicyclic) bond motifs is 2. The molecule has 108 valence electrons. The second-order valence-electron chi connectivity index (χ2n) is 5.96. The molecule has 0 aromatic heterocycles. The Labute approximate surface area is 120 Å². The summed E-state index contributed by atoms with van der Waals surface area (Å²) < 4.78 is 5.23. The lowest BCUT2D eigenvalue weighted by atomic mass is 9.83. The molecule has 2 aliphatic heterocycles. The number of benzene rings is 1. The van der Waals surface area contributed by atoms with Gasteiger partial charge in [-0.1, -0.05) is 18.2 Å². The lowest BCUT2D eigenvalue weighted by Gasteiger charge is -2.47. The molecule has 20 heavy (non-hydrogen) atoms. The molecular formula is C17H23NO2. The van der Waals surface area contributed by atoms with Crippen molar-refractivity contribution in [3.05, 3.63) is 29.8 Å². The predicted molar refractivity (Wildman–Crippen MR) is 80.2 cm³/mol. The molecule has 2 bridgehead atoms. The number of carbonyl (C=O) groups is 1. The molecule has 3 nitrogen and oxygen atoms in total. The van der Waals surface area contributed by atoms with Gasteiger partial charge in [0, 0.05) is 37.7 Å². The van der Waals surface area contributed by atoms with Gasteiger partial charge in [-0.2, -0.15) is 0 Å². The molecule has 3 heteroatoms. The first-order chi connectivity index (χ1) is 9.79. The number of methoxy groups -OCH3 is 1. The zero-order valence-corrected chi connectivity index (χ0v) is 12.2. The average Bonchev–Trinajstić information content (AvgIpc) is 2.44. The maximum Gasteiger partial charge on any atom is 0.137 e. The summed E-state index contributed by atoms with van der Waals surface area (Å²) in [5.74, 6) is 0.449.